The molecule has 1 rings (SSSR count). The number of rotatable bonds is 11. The third-order valence-electron chi connectivity index (χ3n) is 4.61. The fraction of sp³-hybridized carbons (Fsp3) is 0.500. The third kappa shape index (κ3) is 10.3. The number of allylic oxidation sites excluding steroid dienone is 6. The SMILES string of the molecule is CC(C)=CCC/C(C)=C/CC/C(C)=C/CCc1ccccc1C(=O)OC(C)C. The number of ether oxygens (including phenoxy) is 1. The first kappa shape index (κ1) is 23.9. The van der Waals surface area contributed by atoms with Crippen LogP contribution in [0.3, 0.4) is 0 Å². The predicted molar refractivity (Wildman–Crippen MR) is 121 cm³/mol. The maximum absolute atomic E-state index is 12.2. The van der Waals surface area contributed by atoms with E-state index in [2.05, 4.69) is 45.9 Å². The molecule has 0 amide bonds. The van der Waals surface area contributed by atoms with Gasteiger partial charge < -0.3 is 4.74 Å². The summed E-state index contributed by atoms with van der Waals surface area (Å²) in [5.74, 6) is -0.222. The molecular formula is C26H38O2. The van der Waals surface area contributed by atoms with Crippen molar-refractivity contribution in [2.45, 2.75) is 86.2 Å². The molecule has 0 N–H and O–H groups in total. The van der Waals surface area contributed by atoms with E-state index in [0.717, 1.165) is 44.1 Å². The molecule has 0 unspecified atom stereocenters. The molecule has 0 bridgehead atoms. The highest BCUT2D eigenvalue weighted by molar-refractivity contribution is 5.91. The second-order valence-electron chi connectivity index (χ2n) is 8.11. The first-order valence-corrected chi connectivity index (χ1v) is 10.5. The highest BCUT2D eigenvalue weighted by Crippen LogP contribution is 2.16. The van der Waals surface area contributed by atoms with Gasteiger partial charge in [0, 0.05) is 0 Å². The highest BCUT2D eigenvalue weighted by atomic mass is 16.5. The van der Waals surface area contributed by atoms with E-state index in [1.807, 2.05) is 38.1 Å². The number of carbonyl (C=O) groups excluding carboxylic acids is 1. The van der Waals surface area contributed by atoms with E-state index in [1.165, 1.54) is 16.7 Å². The van der Waals surface area contributed by atoms with Gasteiger partial charge in [0.15, 0.2) is 0 Å². The Morgan fingerprint density at radius 2 is 1.46 bits per heavy atom. The van der Waals surface area contributed by atoms with Crippen LogP contribution in [-0.2, 0) is 11.2 Å². The van der Waals surface area contributed by atoms with Crippen LogP contribution in [0.4, 0.5) is 0 Å². The lowest BCUT2D eigenvalue weighted by atomic mass is 10.0. The normalized spacial score (nSPS) is 12.2. The maximum Gasteiger partial charge on any atom is 0.338 e. The fourth-order valence-corrected chi connectivity index (χ4v) is 3.03. The van der Waals surface area contributed by atoms with Gasteiger partial charge in [-0.15, -0.1) is 0 Å². The number of esters is 1. The lowest BCUT2D eigenvalue weighted by molar-refractivity contribution is 0.0376. The number of carbonyl (C=O) groups is 1. The van der Waals surface area contributed by atoms with Gasteiger partial charge in [0.2, 0.25) is 0 Å². The summed E-state index contributed by atoms with van der Waals surface area (Å²) in [6.45, 7) is 12.5. The summed E-state index contributed by atoms with van der Waals surface area (Å²) in [6, 6.07) is 7.77. The molecule has 1 aromatic rings. The van der Waals surface area contributed by atoms with Crippen LogP contribution in [0.15, 0.2) is 59.2 Å². The quantitative estimate of drug-likeness (QED) is 0.291. The van der Waals surface area contributed by atoms with Gasteiger partial charge in [0.25, 0.3) is 0 Å². The Kier molecular flexibility index (Phi) is 11.2. The molecule has 28 heavy (non-hydrogen) atoms. The molecule has 0 atom stereocenters. The van der Waals surface area contributed by atoms with E-state index in [0.29, 0.717) is 5.56 Å². The highest BCUT2D eigenvalue weighted by Gasteiger charge is 2.13. The van der Waals surface area contributed by atoms with E-state index in [9.17, 15) is 4.79 Å². The smallest absolute Gasteiger partial charge is 0.338 e. The molecule has 0 radical (unpaired) electrons. The molecule has 1 aromatic carbocycles. The minimum absolute atomic E-state index is 0.0961. The first-order valence-electron chi connectivity index (χ1n) is 10.5. The molecule has 2 nitrogen and oxygen atoms in total. The predicted octanol–water partition coefficient (Wildman–Crippen LogP) is 7.60. The Hall–Kier alpha value is -2.09. The van der Waals surface area contributed by atoms with Crippen LogP contribution in [0.25, 0.3) is 0 Å². The molecule has 0 saturated carbocycles. The minimum Gasteiger partial charge on any atom is -0.459 e. The van der Waals surface area contributed by atoms with Gasteiger partial charge in [-0.1, -0.05) is 53.1 Å². The van der Waals surface area contributed by atoms with Crippen molar-refractivity contribution >= 4 is 5.97 Å². The van der Waals surface area contributed by atoms with Gasteiger partial charge in [-0.2, -0.15) is 0 Å². The summed E-state index contributed by atoms with van der Waals surface area (Å²) in [6.07, 6.45) is 13.2. The van der Waals surface area contributed by atoms with Crippen molar-refractivity contribution in [2.24, 2.45) is 0 Å². The zero-order valence-electron chi connectivity index (χ0n) is 18.7. The molecule has 0 aromatic heterocycles. The summed E-state index contributed by atoms with van der Waals surface area (Å²) >= 11 is 0. The van der Waals surface area contributed by atoms with E-state index in [4.69, 9.17) is 4.74 Å². The lowest BCUT2D eigenvalue weighted by Crippen LogP contribution is -2.13. The zero-order valence-corrected chi connectivity index (χ0v) is 18.7. The maximum atomic E-state index is 12.2. The first-order chi connectivity index (χ1) is 13.3. The average Bonchev–Trinajstić information content (AvgIpc) is 2.61. The second-order valence-corrected chi connectivity index (χ2v) is 8.11. The van der Waals surface area contributed by atoms with Crippen molar-refractivity contribution in [3.8, 4) is 0 Å². The molecule has 0 fully saturated rings. The summed E-state index contributed by atoms with van der Waals surface area (Å²) in [7, 11) is 0. The van der Waals surface area contributed by atoms with Crippen molar-refractivity contribution in [1.82, 2.24) is 0 Å². The number of aryl methyl sites for hydroxylation is 1. The van der Waals surface area contributed by atoms with Crippen LogP contribution < -0.4 is 0 Å². The van der Waals surface area contributed by atoms with E-state index >= 15 is 0 Å². The second kappa shape index (κ2) is 13.1. The average molecular weight is 383 g/mol. The molecule has 0 aliphatic rings. The van der Waals surface area contributed by atoms with Crippen LogP contribution >= 0.6 is 0 Å². The van der Waals surface area contributed by atoms with Gasteiger partial charge in [0.1, 0.15) is 0 Å². The van der Waals surface area contributed by atoms with Crippen LogP contribution in [0, 0.1) is 0 Å². The Morgan fingerprint density at radius 1 is 0.893 bits per heavy atom. The summed E-state index contributed by atoms with van der Waals surface area (Å²) in [5, 5.41) is 0. The van der Waals surface area contributed by atoms with Crippen molar-refractivity contribution in [3.63, 3.8) is 0 Å². The molecule has 154 valence electrons. The van der Waals surface area contributed by atoms with Gasteiger partial charge >= 0.3 is 5.97 Å². The molecule has 0 aliphatic carbocycles. The molecule has 0 aliphatic heterocycles. The molecule has 0 saturated heterocycles. The van der Waals surface area contributed by atoms with Gasteiger partial charge in [0.05, 0.1) is 11.7 Å². The Morgan fingerprint density at radius 3 is 2.07 bits per heavy atom. The Labute approximate surface area is 172 Å². The van der Waals surface area contributed by atoms with Gasteiger partial charge in [-0.05, 0) is 91.7 Å². The van der Waals surface area contributed by atoms with E-state index < -0.39 is 0 Å². The van der Waals surface area contributed by atoms with Gasteiger partial charge in [-0.25, -0.2) is 4.79 Å². The summed E-state index contributed by atoms with van der Waals surface area (Å²) in [4.78, 5) is 12.2. The van der Waals surface area contributed by atoms with Crippen LogP contribution in [0.1, 0.15) is 89.6 Å². The molecular weight excluding hydrogens is 344 g/mol. The molecule has 2 heteroatoms. The standard InChI is InChI=1S/C26H38O2/c1-20(2)12-9-13-22(5)14-10-15-23(6)16-11-18-24-17-7-8-19-25(24)26(27)28-21(3)4/h7-8,12,14,16-17,19,21H,9-11,13,15,18H2,1-6H3/b22-14+,23-16+. The summed E-state index contributed by atoms with van der Waals surface area (Å²) in [5.41, 5.74) is 6.04. The minimum atomic E-state index is -0.222. The Bertz CT molecular complexity index is 701. The summed E-state index contributed by atoms with van der Waals surface area (Å²) < 4.78 is 5.36. The number of hydrogen-bond donors (Lipinski definition) is 0. The van der Waals surface area contributed by atoms with Crippen LogP contribution in [0.5, 0.6) is 0 Å². The largest absolute Gasteiger partial charge is 0.459 e. The third-order valence-corrected chi connectivity index (χ3v) is 4.61. The molecule has 0 heterocycles. The van der Waals surface area contributed by atoms with Crippen molar-refractivity contribution in [3.05, 3.63) is 70.3 Å². The van der Waals surface area contributed by atoms with Crippen molar-refractivity contribution in [1.29, 1.82) is 0 Å². The number of hydrogen-bond acceptors (Lipinski definition) is 2. The Balaban J connectivity index is 2.48. The van der Waals surface area contributed by atoms with E-state index in [1.54, 1.807) is 0 Å². The van der Waals surface area contributed by atoms with Crippen molar-refractivity contribution < 1.29 is 9.53 Å². The topological polar surface area (TPSA) is 26.3 Å². The monoisotopic (exact) mass is 382 g/mol. The van der Waals surface area contributed by atoms with E-state index in [-0.39, 0.29) is 12.1 Å². The van der Waals surface area contributed by atoms with Crippen LogP contribution in [0.2, 0.25) is 0 Å². The van der Waals surface area contributed by atoms with Gasteiger partial charge in [-0.3, -0.25) is 0 Å². The molecule has 0 spiro atoms. The fourth-order valence-electron chi connectivity index (χ4n) is 3.03. The lowest BCUT2D eigenvalue weighted by Gasteiger charge is -2.11. The van der Waals surface area contributed by atoms with Crippen molar-refractivity contribution in [2.75, 3.05) is 0 Å². The number of benzene rings is 1. The zero-order chi connectivity index (χ0) is 20.9. The van der Waals surface area contributed by atoms with Crippen LogP contribution in [-0.4, -0.2) is 12.1 Å².